The molecule has 0 aliphatic carbocycles. The summed E-state index contributed by atoms with van der Waals surface area (Å²) in [5.74, 6) is 0. The predicted molar refractivity (Wildman–Crippen MR) is 56.6 cm³/mol. The molecule has 0 radical (unpaired) electrons. The van der Waals surface area contributed by atoms with Crippen LogP contribution < -0.4 is 0 Å². The Morgan fingerprint density at radius 2 is 1.75 bits per heavy atom. The molecule has 1 aromatic carbocycles. The first-order valence-electron chi connectivity index (χ1n) is 4.66. The van der Waals surface area contributed by atoms with Gasteiger partial charge in [0.1, 0.15) is 0 Å². The molecular formula is C11H12ClF3O. The predicted octanol–water partition coefficient (Wildman–Crippen LogP) is 3.63. The monoisotopic (exact) mass is 252 g/mol. The quantitative estimate of drug-likeness (QED) is 0.852. The SMILES string of the molecule is CC(C)(CO)c1ccc(Cl)cc1C(F)(F)F. The number of aliphatic hydroxyl groups excluding tert-OH is 1. The van der Waals surface area contributed by atoms with Gasteiger partial charge in [-0.3, -0.25) is 0 Å². The molecule has 1 nitrogen and oxygen atoms in total. The lowest BCUT2D eigenvalue weighted by Crippen LogP contribution is -2.26. The fourth-order valence-corrected chi connectivity index (χ4v) is 1.60. The van der Waals surface area contributed by atoms with Gasteiger partial charge in [0, 0.05) is 10.4 Å². The highest BCUT2D eigenvalue weighted by Gasteiger charge is 2.37. The Labute approximate surface area is 96.9 Å². The van der Waals surface area contributed by atoms with E-state index in [1.54, 1.807) is 13.8 Å². The van der Waals surface area contributed by atoms with Gasteiger partial charge in [-0.15, -0.1) is 0 Å². The summed E-state index contributed by atoms with van der Waals surface area (Å²) in [5, 5.41) is 9.14. The molecule has 1 rings (SSSR count). The van der Waals surface area contributed by atoms with E-state index in [0.717, 1.165) is 6.07 Å². The summed E-state index contributed by atoms with van der Waals surface area (Å²) in [5.41, 5.74) is -1.69. The molecule has 1 aromatic rings. The van der Waals surface area contributed by atoms with Crippen molar-refractivity contribution in [3.05, 3.63) is 34.3 Å². The number of aliphatic hydroxyl groups is 1. The summed E-state index contributed by atoms with van der Waals surface area (Å²) in [6.07, 6.45) is -4.47. The van der Waals surface area contributed by atoms with Crippen LogP contribution in [-0.2, 0) is 11.6 Å². The normalized spacial score (nSPS) is 12.9. The fourth-order valence-electron chi connectivity index (χ4n) is 1.43. The number of rotatable bonds is 2. The number of benzene rings is 1. The average molecular weight is 253 g/mol. The molecule has 0 heterocycles. The van der Waals surface area contributed by atoms with Gasteiger partial charge in [-0.2, -0.15) is 13.2 Å². The van der Waals surface area contributed by atoms with Gasteiger partial charge in [0.15, 0.2) is 0 Å². The maximum Gasteiger partial charge on any atom is 0.416 e. The third-order valence-electron chi connectivity index (χ3n) is 2.41. The van der Waals surface area contributed by atoms with Gasteiger partial charge in [-0.1, -0.05) is 31.5 Å². The van der Waals surface area contributed by atoms with Gasteiger partial charge in [0.25, 0.3) is 0 Å². The zero-order valence-corrected chi connectivity index (χ0v) is 9.65. The van der Waals surface area contributed by atoms with Gasteiger partial charge in [0.05, 0.1) is 12.2 Å². The van der Waals surface area contributed by atoms with Crippen molar-refractivity contribution in [1.82, 2.24) is 0 Å². The van der Waals surface area contributed by atoms with E-state index < -0.39 is 17.2 Å². The minimum Gasteiger partial charge on any atom is -0.395 e. The zero-order chi connectivity index (χ0) is 12.6. The molecule has 0 saturated heterocycles. The van der Waals surface area contributed by atoms with E-state index in [-0.39, 0.29) is 17.2 Å². The van der Waals surface area contributed by atoms with Gasteiger partial charge in [-0.25, -0.2) is 0 Å². The van der Waals surface area contributed by atoms with Crippen molar-refractivity contribution in [3.63, 3.8) is 0 Å². The van der Waals surface area contributed by atoms with Crippen LogP contribution in [-0.4, -0.2) is 11.7 Å². The summed E-state index contributed by atoms with van der Waals surface area (Å²) in [6.45, 7) is 2.73. The van der Waals surface area contributed by atoms with Crippen LogP contribution in [0.1, 0.15) is 25.0 Å². The molecule has 0 spiro atoms. The molecule has 0 aromatic heterocycles. The summed E-state index contributed by atoms with van der Waals surface area (Å²) in [6, 6.07) is 3.58. The molecule has 0 unspecified atom stereocenters. The Hall–Kier alpha value is -0.740. The topological polar surface area (TPSA) is 20.2 Å². The van der Waals surface area contributed by atoms with Crippen LogP contribution in [0.15, 0.2) is 18.2 Å². The Bertz CT molecular complexity index is 385. The molecule has 0 fully saturated rings. The van der Waals surface area contributed by atoms with Gasteiger partial charge >= 0.3 is 6.18 Å². The van der Waals surface area contributed by atoms with Crippen molar-refractivity contribution < 1.29 is 18.3 Å². The van der Waals surface area contributed by atoms with E-state index in [1.807, 2.05) is 0 Å². The summed E-state index contributed by atoms with van der Waals surface area (Å²) in [7, 11) is 0. The lowest BCUT2D eigenvalue weighted by molar-refractivity contribution is -0.138. The zero-order valence-electron chi connectivity index (χ0n) is 8.90. The van der Waals surface area contributed by atoms with Gasteiger partial charge in [0.2, 0.25) is 0 Å². The second-order valence-corrected chi connectivity index (χ2v) is 4.67. The van der Waals surface area contributed by atoms with E-state index in [1.165, 1.54) is 12.1 Å². The maximum atomic E-state index is 12.8. The molecule has 0 amide bonds. The molecule has 0 aliphatic heterocycles. The van der Waals surface area contributed by atoms with Crippen molar-refractivity contribution in [1.29, 1.82) is 0 Å². The Morgan fingerprint density at radius 3 is 2.19 bits per heavy atom. The Balaban J connectivity index is 3.40. The highest BCUT2D eigenvalue weighted by atomic mass is 35.5. The first-order chi connectivity index (χ1) is 7.18. The second kappa shape index (κ2) is 4.26. The molecule has 5 heteroatoms. The minimum atomic E-state index is -4.47. The largest absolute Gasteiger partial charge is 0.416 e. The van der Waals surface area contributed by atoms with E-state index in [4.69, 9.17) is 16.7 Å². The molecule has 0 bridgehead atoms. The van der Waals surface area contributed by atoms with Crippen molar-refractivity contribution in [2.45, 2.75) is 25.4 Å². The third-order valence-corrected chi connectivity index (χ3v) is 2.65. The minimum absolute atomic E-state index is 0.0322. The third kappa shape index (κ3) is 2.68. The highest BCUT2D eigenvalue weighted by molar-refractivity contribution is 6.30. The van der Waals surface area contributed by atoms with Crippen molar-refractivity contribution in [2.24, 2.45) is 0 Å². The van der Waals surface area contributed by atoms with Crippen LogP contribution in [0, 0.1) is 0 Å². The summed E-state index contributed by atoms with van der Waals surface area (Å²) >= 11 is 5.55. The standard InChI is InChI=1S/C11H12ClF3O/c1-10(2,6-16)8-4-3-7(12)5-9(8)11(13,14)15/h3-5,16H,6H2,1-2H3. The molecule has 16 heavy (non-hydrogen) atoms. The number of hydrogen-bond acceptors (Lipinski definition) is 1. The van der Waals surface area contributed by atoms with Crippen LogP contribution in [0.5, 0.6) is 0 Å². The van der Waals surface area contributed by atoms with Gasteiger partial charge in [-0.05, 0) is 17.7 Å². The maximum absolute atomic E-state index is 12.8. The van der Waals surface area contributed by atoms with E-state index in [9.17, 15) is 13.2 Å². The molecule has 90 valence electrons. The van der Waals surface area contributed by atoms with E-state index >= 15 is 0 Å². The first kappa shape index (κ1) is 13.3. The van der Waals surface area contributed by atoms with Crippen molar-refractivity contribution in [2.75, 3.05) is 6.61 Å². The van der Waals surface area contributed by atoms with E-state index in [0.29, 0.717) is 0 Å². The fraction of sp³-hybridized carbons (Fsp3) is 0.455. The van der Waals surface area contributed by atoms with Crippen molar-refractivity contribution >= 4 is 11.6 Å². The summed E-state index contributed by atoms with van der Waals surface area (Å²) < 4.78 is 38.3. The molecular weight excluding hydrogens is 241 g/mol. The summed E-state index contributed by atoms with van der Waals surface area (Å²) in [4.78, 5) is 0. The number of halogens is 4. The van der Waals surface area contributed by atoms with Crippen molar-refractivity contribution in [3.8, 4) is 0 Å². The molecule has 1 N–H and O–H groups in total. The molecule has 0 atom stereocenters. The second-order valence-electron chi connectivity index (χ2n) is 4.23. The van der Waals surface area contributed by atoms with Crippen LogP contribution >= 0.6 is 11.6 Å². The molecule has 0 aliphatic rings. The highest BCUT2D eigenvalue weighted by Crippen LogP contribution is 2.38. The number of alkyl halides is 3. The van der Waals surface area contributed by atoms with Crippen LogP contribution in [0.3, 0.4) is 0 Å². The van der Waals surface area contributed by atoms with Crippen LogP contribution in [0.4, 0.5) is 13.2 Å². The average Bonchev–Trinajstić information content (AvgIpc) is 2.16. The Kier molecular flexibility index (Phi) is 3.55. The van der Waals surface area contributed by atoms with E-state index in [2.05, 4.69) is 0 Å². The lowest BCUT2D eigenvalue weighted by Gasteiger charge is -2.26. The Morgan fingerprint density at radius 1 is 1.19 bits per heavy atom. The van der Waals surface area contributed by atoms with Crippen LogP contribution in [0.25, 0.3) is 0 Å². The van der Waals surface area contributed by atoms with Gasteiger partial charge < -0.3 is 5.11 Å². The lowest BCUT2D eigenvalue weighted by atomic mass is 9.82. The molecule has 0 saturated carbocycles. The smallest absolute Gasteiger partial charge is 0.395 e. The number of hydrogen-bond donors (Lipinski definition) is 1. The first-order valence-corrected chi connectivity index (χ1v) is 5.04. The van der Waals surface area contributed by atoms with Crippen LogP contribution in [0.2, 0.25) is 5.02 Å².